The minimum atomic E-state index is 0.385. The second-order valence-electron chi connectivity index (χ2n) is 4.22. The molecule has 1 saturated heterocycles. The first-order valence-corrected chi connectivity index (χ1v) is 7.61. The highest BCUT2D eigenvalue weighted by atomic mass is 35.5. The molecule has 0 amide bonds. The van der Waals surface area contributed by atoms with Crippen LogP contribution in [-0.4, -0.2) is 36.7 Å². The predicted molar refractivity (Wildman–Crippen MR) is 73.4 cm³/mol. The van der Waals surface area contributed by atoms with Gasteiger partial charge < -0.3 is 9.64 Å². The second kappa shape index (κ2) is 6.57. The summed E-state index contributed by atoms with van der Waals surface area (Å²) in [5.74, 6) is 0.590. The lowest BCUT2D eigenvalue weighted by atomic mass is 10.1. The van der Waals surface area contributed by atoms with Gasteiger partial charge in [-0.2, -0.15) is 0 Å². The monoisotopic (exact) mass is 274 g/mol. The number of piperidine rings is 1. The van der Waals surface area contributed by atoms with Crippen molar-refractivity contribution in [2.75, 3.05) is 30.5 Å². The number of nitrogens with zero attached hydrogens (tertiary/aromatic N) is 2. The smallest absolute Gasteiger partial charge is 0.185 e. The average molecular weight is 275 g/mol. The molecular weight excluding hydrogens is 256 g/mol. The van der Waals surface area contributed by atoms with Crippen LogP contribution < -0.4 is 4.90 Å². The van der Waals surface area contributed by atoms with Gasteiger partial charge in [0, 0.05) is 24.3 Å². The fourth-order valence-corrected chi connectivity index (χ4v) is 3.08. The van der Waals surface area contributed by atoms with E-state index < -0.39 is 0 Å². The van der Waals surface area contributed by atoms with E-state index in [9.17, 15) is 0 Å². The SMILES string of the molecule is CCc1csc(N2CCC(OCCCl)CC2)n1. The lowest BCUT2D eigenvalue weighted by Gasteiger charge is -2.31. The van der Waals surface area contributed by atoms with Crippen LogP contribution in [0.2, 0.25) is 0 Å². The molecule has 1 fully saturated rings. The molecule has 96 valence electrons. The summed E-state index contributed by atoms with van der Waals surface area (Å²) in [5, 5.41) is 3.32. The number of anilines is 1. The Morgan fingerprint density at radius 1 is 1.53 bits per heavy atom. The molecule has 2 rings (SSSR count). The van der Waals surface area contributed by atoms with Crippen LogP contribution in [0.3, 0.4) is 0 Å². The summed E-state index contributed by atoms with van der Waals surface area (Å²) in [6, 6.07) is 0. The lowest BCUT2D eigenvalue weighted by Crippen LogP contribution is -2.37. The van der Waals surface area contributed by atoms with Gasteiger partial charge in [0.05, 0.1) is 18.4 Å². The normalized spacial score (nSPS) is 17.6. The molecule has 0 spiro atoms. The summed E-state index contributed by atoms with van der Waals surface area (Å²) in [5.41, 5.74) is 1.20. The van der Waals surface area contributed by atoms with Crippen molar-refractivity contribution in [3.05, 3.63) is 11.1 Å². The van der Waals surface area contributed by atoms with E-state index in [4.69, 9.17) is 16.3 Å². The Hall–Kier alpha value is -0.320. The lowest BCUT2D eigenvalue weighted by molar-refractivity contribution is 0.0472. The van der Waals surface area contributed by atoms with Crippen LogP contribution in [0.1, 0.15) is 25.5 Å². The highest BCUT2D eigenvalue weighted by Gasteiger charge is 2.21. The Labute approximate surface area is 112 Å². The van der Waals surface area contributed by atoms with Gasteiger partial charge in [-0.3, -0.25) is 0 Å². The van der Waals surface area contributed by atoms with E-state index in [1.165, 1.54) is 5.69 Å². The van der Waals surface area contributed by atoms with E-state index in [0.29, 0.717) is 18.6 Å². The minimum absolute atomic E-state index is 0.385. The molecule has 1 aromatic rings. The largest absolute Gasteiger partial charge is 0.377 e. The molecule has 0 bridgehead atoms. The van der Waals surface area contributed by atoms with Crippen LogP contribution in [0.4, 0.5) is 5.13 Å². The molecule has 0 N–H and O–H groups in total. The molecule has 0 saturated carbocycles. The Morgan fingerprint density at radius 2 is 2.29 bits per heavy atom. The summed E-state index contributed by atoms with van der Waals surface area (Å²) in [7, 11) is 0. The predicted octanol–water partition coefficient (Wildman–Crippen LogP) is 2.93. The third kappa shape index (κ3) is 3.57. The number of halogens is 1. The molecule has 2 heterocycles. The number of hydrogen-bond donors (Lipinski definition) is 0. The van der Waals surface area contributed by atoms with Crippen molar-refractivity contribution in [1.29, 1.82) is 0 Å². The van der Waals surface area contributed by atoms with E-state index in [0.717, 1.165) is 37.5 Å². The summed E-state index contributed by atoms with van der Waals surface area (Å²) in [6.45, 7) is 4.90. The molecule has 1 aliphatic heterocycles. The van der Waals surface area contributed by atoms with Crippen molar-refractivity contribution < 1.29 is 4.74 Å². The summed E-state index contributed by atoms with van der Waals surface area (Å²) < 4.78 is 5.67. The Kier molecular flexibility index (Phi) is 5.07. The molecular formula is C12H19ClN2OS. The zero-order valence-electron chi connectivity index (χ0n) is 10.2. The van der Waals surface area contributed by atoms with Crippen LogP contribution in [0, 0.1) is 0 Å². The first kappa shape index (κ1) is 13.1. The summed E-state index contributed by atoms with van der Waals surface area (Å²) >= 11 is 7.37. The van der Waals surface area contributed by atoms with Gasteiger partial charge in [0.2, 0.25) is 0 Å². The molecule has 0 aromatic carbocycles. The standard InChI is InChI=1S/C12H19ClN2OS/c1-2-10-9-17-12(14-10)15-6-3-11(4-7-15)16-8-5-13/h9,11H,2-8H2,1H3. The number of ether oxygens (including phenoxy) is 1. The molecule has 0 radical (unpaired) electrons. The van der Waals surface area contributed by atoms with Crippen LogP contribution in [-0.2, 0) is 11.2 Å². The molecule has 0 aliphatic carbocycles. The van der Waals surface area contributed by atoms with E-state index in [1.54, 1.807) is 11.3 Å². The molecule has 17 heavy (non-hydrogen) atoms. The van der Waals surface area contributed by atoms with Crippen molar-refractivity contribution in [3.63, 3.8) is 0 Å². The average Bonchev–Trinajstić information content (AvgIpc) is 2.86. The van der Waals surface area contributed by atoms with Gasteiger partial charge in [-0.15, -0.1) is 22.9 Å². The Balaban J connectivity index is 1.82. The van der Waals surface area contributed by atoms with Crippen LogP contribution in [0.15, 0.2) is 5.38 Å². The van der Waals surface area contributed by atoms with Crippen molar-refractivity contribution in [1.82, 2.24) is 4.98 Å². The molecule has 3 nitrogen and oxygen atoms in total. The minimum Gasteiger partial charge on any atom is -0.377 e. The molecule has 1 aromatic heterocycles. The van der Waals surface area contributed by atoms with E-state index in [2.05, 4.69) is 22.2 Å². The van der Waals surface area contributed by atoms with Crippen molar-refractivity contribution >= 4 is 28.1 Å². The van der Waals surface area contributed by atoms with Crippen LogP contribution in [0.25, 0.3) is 0 Å². The van der Waals surface area contributed by atoms with Crippen molar-refractivity contribution in [2.24, 2.45) is 0 Å². The van der Waals surface area contributed by atoms with E-state index in [1.807, 2.05) is 0 Å². The third-order valence-corrected chi connectivity index (χ3v) is 4.15. The number of alkyl halides is 1. The zero-order chi connectivity index (χ0) is 12.1. The summed E-state index contributed by atoms with van der Waals surface area (Å²) in [6.07, 6.45) is 3.57. The fourth-order valence-electron chi connectivity index (χ4n) is 2.03. The van der Waals surface area contributed by atoms with Gasteiger partial charge in [-0.25, -0.2) is 4.98 Å². The van der Waals surface area contributed by atoms with Crippen molar-refractivity contribution in [2.45, 2.75) is 32.3 Å². The third-order valence-electron chi connectivity index (χ3n) is 3.05. The molecule has 0 atom stereocenters. The van der Waals surface area contributed by atoms with E-state index >= 15 is 0 Å². The zero-order valence-corrected chi connectivity index (χ0v) is 11.8. The number of aryl methyl sites for hydroxylation is 1. The maximum Gasteiger partial charge on any atom is 0.185 e. The molecule has 0 unspecified atom stereocenters. The van der Waals surface area contributed by atoms with E-state index in [-0.39, 0.29) is 0 Å². The molecule has 5 heteroatoms. The first-order chi connectivity index (χ1) is 8.33. The Morgan fingerprint density at radius 3 is 2.88 bits per heavy atom. The number of aromatic nitrogens is 1. The van der Waals surface area contributed by atoms with Gasteiger partial charge in [-0.1, -0.05) is 6.92 Å². The maximum absolute atomic E-state index is 5.67. The first-order valence-electron chi connectivity index (χ1n) is 6.20. The van der Waals surface area contributed by atoms with Crippen LogP contribution >= 0.6 is 22.9 Å². The van der Waals surface area contributed by atoms with Crippen LogP contribution in [0.5, 0.6) is 0 Å². The van der Waals surface area contributed by atoms with Gasteiger partial charge in [-0.05, 0) is 19.3 Å². The summed E-state index contributed by atoms with van der Waals surface area (Å²) in [4.78, 5) is 6.99. The number of rotatable bonds is 5. The highest BCUT2D eigenvalue weighted by molar-refractivity contribution is 7.13. The van der Waals surface area contributed by atoms with Crippen molar-refractivity contribution in [3.8, 4) is 0 Å². The second-order valence-corrected chi connectivity index (χ2v) is 5.44. The van der Waals surface area contributed by atoms with Gasteiger partial charge in [0.1, 0.15) is 0 Å². The topological polar surface area (TPSA) is 25.4 Å². The molecule has 1 aliphatic rings. The number of hydrogen-bond acceptors (Lipinski definition) is 4. The number of thiazole rings is 1. The fraction of sp³-hybridized carbons (Fsp3) is 0.750. The maximum atomic E-state index is 5.67. The Bertz CT molecular complexity index is 337. The van der Waals surface area contributed by atoms with Gasteiger partial charge in [0.15, 0.2) is 5.13 Å². The van der Waals surface area contributed by atoms with Gasteiger partial charge >= 0.3 is 0 Å². The highest BCUT2D eigenvalue weighted by Crippen LogP contribution is 2.25. The quantitative estimate of drug-likeness (QED) is 0.772. The van der Waals surface area contributed by atoms with Gasteiger partial charge in [0.25, 0.3) is 0 Å².